The Morgan fingerprint density at radius 1 is 1.21 bits per heavy atom. The van der Waals surface area contributed by atoms with Crippen LogP contribution in [0.5, 0.6) is 0 Å². The Balaban J connectivity index is 1.91. The predicted octanol–water partition coefficient (Wildman–Crippen LogP) is 3.18. The molecule has 2 amide bonds. The van der Waals surface area contributed by atoms with Gasteiger partial charge in [0, 0.05) is 19.4 Å². The van der Waals surface area contributed by atoms with Crippen LogP contribution in [0.4, 0.5) is 0 Å². The van der Waals surface area contributed by atoms with Crippen LogP contribution in [0.3, 0.4) is 0 Å². The van der Waals surface area contributed by atoms with E-state index >= 15 is 0 Å². The van der Waals surface area contributed by atoms with E-state index in [1.807, 2.05) is 30.3 Å². The van der Waals surface area contributed by atoms with E-state index < -0.39 is 12.0 Å². The lowest BCUT2D eigenvalue weighted by atomic mass is 9.98. The highest BCUT2D eigenvalue weighted by molar-refractivity contribution is 5.86. The third kappa shape index (κ3) is 9.14. The molecule has 0 aromatic heterocycles. The molecule has 0 saturated carbocycles. The van der Waals surface area contributed by atoms with Crippen LogP contribution in [0.25, 0.3) is 0 Å². The Hall–Kier alpha value is -2.93. The summed E-state index contributed by atoms with van der Waals surface area (Å²) in [6, 6.07) is 9.03. The minimum Gasteiger partial charge on any atom is -0.463 e. The fourth-order valence-corrected chi connectivity index (χ4v) is 4.23. The van der Waals surface area contributed by atoms with Crippen LogP contribution in [0.2, 0.25) is 0 Å². The molecule has 34 heavy (non-hydrogen) atoms. The van der Waals surface area contributed by atoms with Crippen molar-refractivity contribution in [3.05, 3.63) is 61.2 Å². The molecule has 0 radical (unpaired) electrons. The highest BCUT2D eigenvalue weighted by Gasteiger charge is 2.34. The Kier molecular flexibility index (Phi) is 12.1. The molecule has 0 unspecified atom stereocenters. The quantitative estimate of drug-likeness (QED) is 0.233. The summed E-state index contributed by atoms with van der Waals surface area (Å²) in [5.74, 6) is -1.21. The number of allylic oxidation sites excluding steroid dienone is 2. The van der Waals surface area contributed by atoms with Gasteiger partial charge in [-0.1, -0.05) is 42.5 Å². The van der Waals surface area contributed by atoms with Gasteiger partial charge in [0.2, 0.25) is 11.8 Å². The van der Waals surface area contributed by atoms with Gasteiger partial charge in [0.05, 0.1) is 24.6 Å². The van der Waals surface area contributed by atoms with Crippen LogP contribution in [-0.4, -0.2) is 59.6 Å². The van der Waals surface area contributed by atoms with Gasteiger partial charge in [0.15, 0.2) is 0 Å². The van der Waals surface area contributed by atoms with Crippen molar-refractivity contribution in [1.29, 1.82) is 0 Å². The molecule has 0 spiro atoms. The van der Waals surface area contributed by atoms with Gasteiger partial charge in [-0.2, -0.15) is 0 Å². The van der Waals surface area contributed by atoms with E-state index in [0.717, 1.165) is 24.8 Å². The lowest BCUT2D eigenvalue weighted by molar-refractivity contribution is -0.148. The molecule has 1 aromatic rings. The minimum absolute atomic E-state index is 0.0146. The van der Waals surface area contributed by atoms with E-state index in [1.165, 1.54) is 0 Å². The molecule has 7 heteroatoms. The number of nitrogens with one attached hydrogen (secondary N) is 1. The fourth-order valence-electron chi connectivity index (χ4n) is 4.23. The lowest BCUT2D eigenvalue weighted by Crippen LogP contribution is -2.45. The highest BCUT2D eigenvalue weighted by Crippen LogP contribution is 2.23. The number of unbranched alkanes of at least 4 members (excludes halogenated alkanes) is 1. The van der Waals surface area contributed by atoms with Crippen molar-refractivity contribution < 1.29 is 24.2 Å². The first-order valence-corrected chi connectivity index (χ1v) is 12.1. The lowest BCUT2D eigenvalue weighted by Gasteiger charge is -2.28. The van der Waals surface area contributed by atoms with Crippen molar-refractivity contribution in [2.24, 2.45) is 5.92 Å². The molecule has 1 aromatic carbocycles. The first-order chi connectivity index (χ1) is 16.5. The molecule has 1 fully saturated rings. The maximum atomic E-state index is 13.3. The normalized spacial score (nSPS) is 17.0. The number of aliphatic hydroxyl groups is 1. The van der Waals surface area contributed by atoms with Gasteiger partial charge in [-0.05, 0) is 44.1 Å². The van der Waals surface area contributed by atoms with Crippen molar-refractivity contribution in [2.45, 2.75) is 63.5 Å². The number of carbonyl (C=O) groups is 3. The van der Waals surface area contributed by atoms with Crippen LogP contribution in [0.15, 0.2) is 55.6 Å². The van der Waals surface area contributed by atoms with Crippen LogP contribution in [-0.2, 0) is 25.5 Å². The van der Waals surface area contributed by atoms with E-state index in [1.54, 1.807) is 17.1 Å². The second-order valence-corrected chi connectivity index (χ2v) is 8.75. The average Bonchev–Trinajstić information content (AvgIpc) is 3.31. The number of hydrogen-bond donors (Lipinski definition) is 2. The summed E-state index contributed by atoms with van der Waals surface area (Å²) in [5.41, 5.74) is 1.01. The summed E-state index contributed by atoms with van der Waals surface area (Å²) in [6.45, 7) is 7.96. The molecule has 1 saturated heterocycles. The number of rotatable bonds is 15. The molecule has 2 rings (SSSR count). The molecule has 2 N–H and O–H groups in total. The van der Waals surface area contributed by atoms with Crippen molar-refractivity contribution in [1.82, 2.24) is 10.2 Å². The van der Waals surface area contributed by atoms with E-state index in [2.05, 4.69) is 18.5 Å². The number of nitrogens with zero attached hydrogens (tertiary/aromatic N) is 1. The maximum Gasteiger partial charge on any atom is 0.305 e. The number of likely N-dealkylation sites (tertiary alicyclic amines) is 1. The zero-order chi connectivity index (χ0) is 24.8. The molecule has 0 aliphatic carbocycles. The average molecular weight is 471 g/mol. The van der Waals surface area contributed by atoms with Crippen molar-refractivity contribution in [3.63, 3.8) is 0 Å². The van der Waals surface area contributed by atoms with Crippen molar-refractivity contribution in [3.8, 4) is 0 Å². The Labute approximate surface area is 202 Å². The molecule has 1 aliphatic rings. The van der Waals surface area contributed by atoms with Gasteiger partial charge >= 0.3 is 5.97 Å². The van der Waals surface area contributed by atoms with Gasteiger partial charge in [-0.3, -0.25) is 14.4 Å². The van der Waals surface area contributed by atoms with Gasteiger partial charge in [0.25, 0.3) is 0 Å². The second-order valence-electron chi connectivity index (χ2n) is 8.75. The molecular weight excluding hydrogens is 432 g/mol. The number of benzene rings is 1. The number of carbonyl (C=O) groups excluding carboxylic acids is 3. The van der Waals surface area contributed by atoms with Gasteiger partial charge in [-0.25, -0.2) is 0 Å². The van der Waals surface area contributed by atoms with Gasteiger partial charge in [0.1, 0.15) is 6.61 Å². The standard InChI is InChI=1S/C27H38N2O5/c1-3-5-7-15-26(32)34-20-24-14-10-16-29(24)27(33)22(11-4-2)18-25(31)28-23(19-30)17-21-12-8-6-9-13-21/h3-4,6,8-9,12-13,22-24,30H,1-2,5,7,10-11,14-20H2,(H,28,31)/t22-,23+,24+/m1/s1. The monoisotopic (exact) mass is 470 g/mol. The first-order valence-electron chi connectivity index (χ1n) is 12.1. The third-order valence-corrected chi connectivity index (χ3v) is 6.03. The molecule has 186 valence electrons. The SMILES string of the molecule is C=CCCCC(=O)OC[C@@H]1CCCN1C(=O)[C@H](CC=C)CC(=O)N[C@H](CO)Cc1ccccc1. The number of aliphatic hydroxyl groups excluding tert-OH is 1. The Morgan fingerprint density at radius 3 is 2.65 bits per heavy atom. The number of amides is 2. The topological polar surface area (TPSA) is 95.9 Å². The third-order valence-electron chi connectivity index (χ3n) is 6.03. The maximum absolute atomic E-state index is 13.3. The van der Waals surface area contributed by atoms with E-state index in [0.29, 0.717) is 32.2 Å². The first kappa shape index (κ1) is 27.3. The minimum atomic E-state index is -0.544. The van der Waals surface area contributed by atoms with Crippen LogP contribution >= 0.6 is 0 Å². The summed E-state index contributed by atoms with van der Waals surface area (Å²) < 4.78 is 5.40. The molecule has 0 bridgehead atoms. The molecule has 7 nitrogen and oxygen atoms in total. The number of hydrogen-bond acceptors (Lipinski definition) is 5. The van der Waals surface area contributed by atoms with Crippen molar-refractivity contribution >= 4 is 17.8 Å². The second kappa shape index (κ2) is 15.1. The molecular formula is C27H38N2O5. The fraction of sp³-hybridized carbons (Fsp3) is 0.519. The molecule has 1 aliphatic heterocycles. The van der Waals surface area contributed by atoms with Crippen LogP contribution in [0, 0.1) is 5.92 Å². The molecule has 1 heterocycles. The summed E-state index contributed by atoms with van der Waals surface area (Å²) >= 11 is 0. The molecule has 3 atom stereocenters. The van der Waals surface area contributed by atoms with Crippen molar-refractivity contribution in [2.75, 3.05) is 19.8 Å². The summed E-state index contributed by atoms with van der Waals surface area (Å²) in [6.07, 6.45) is 7.71. The van der Waals surface area contributed by atoms with E-state index in [-0.39, 0.29) is 43.5 Å². The Bertz CT molecular complexity index is 810. The summed E-state index contributed by atoms with van der Waals surface area (Å²) in [7, 11) is 0. The van der Waals surface area contributed by atoms with E-state index in [4.69, 9.17) is 4.74 Å². The van der Waals surface area contributed by atoms with Gasteiger partial charge in [-0.15, -0.1) is 13.2 Å². The number of esters is 1. The van der Waals surface area contributed by atoms with Gasteiger partial charge < -0.3 is 20.1 Å². The Morgan fingerprint density at radius 2 is 1.97 bits per heavy atom. The summed E-state index contributed by atoms with van der Waals surface area (Å²) in [4.78, 5) is 39.7. The van der Waals surface area contributed by atoms with Crippen LogP contribution < -0.4 is 5.32 Å². The zero-order valence-electron chi connectivity index (χ0n) is 20.0. The van der Waals surface area contributed by atoms with Crippen LogP contribution in [0.1, 0.15) is 50.5 Å². The zero-order valence-corrected chi connectivity index (χ0v) is 20.0. The summed E-state index contributed by atoms with van der Waals surface area (Å²) in [5, 5.41) is 12.6. The smallest absolute Gasteiger partial charge is 0.305 e. The van der Waals surface area contributed by atoms with E-state index in [9.17, 15) is 19.5 Å². The highest BCUT2D eigenvalue weighted by atomic mass is 16.5. The largest absolute Gasteiger partial charge is 0.463 e. The number of ether oxygens (including phenoxy) is 1. The predicted molar refractivity (Wildman–Crippen MR) is 132 cm³/mol.